The maximum atomic E-state index is 13.1. The molecule has 4 N–H and O–H groups in total. The number of halogens is 3. The molecule has 8 nitrogen and oxygen atoms in total. The molecule has 3 amide bonds. The molecule has 4 atom stereocenters. The Kier molecular flexibility index (Phi) is 8.04. The Labute approximate surface area is 204 Å². The van der Waals surface area contributed by atoms with Crippen LogP contribution in [-0.2, 0) is 14.4 Å². The van der Waals surface area contributed by atoms with Gasteiger partial charge in [0.05, 0.1) is 18.7 Å². The minimum Gasteiger partial charge on any atom is -0.350 e. The molecule has 1 saturated heterocycles. The standard InChI is InChI=1S/C24H36F3N5O3/c1-22(2,3)18(29-13-24(25,26)27)21(35)31-17(10-14-4-5-14)20(34)30-16(12-28)11-15-6-7-23(8-9-23)32-19(15)33/h14-18,29H,4-11,13H2,1-3H3,(H,30,34)(H,31,35)(H,32,33). The molecule has 0 aromatic carbocycles. The third-order valence-electron chi connectivity index (χ3n) is 7.11. The van der Waals surface area contributed by atoms with Gasteiger partial charge in [0.25, 0.3) is 0 Å². The number of amides is 3. The van der Waals surface area contributed by atoms with Crippen LogP contribution < -0.4 is 21.3 Å². The minimum absolute atomic E-state index is 0.0671. The molecule has 3 rings (SSSR count). The lowest BCUT2D eigenvalue weighted by Gasteiger charge is -2.33. The predicted molar refractivity (Wildman–Crippen MR) is 122 cm³/mol. The predicted octanol–water partition coefficient (Wildman–Crippen LogP) is 2.30. The highest BCUT2D eigenvalue weighted by Crippen LogP contribution is 2.44. The summed E-state index contributed by atoms with van der Waals surface area (Å²) in [6.07, 6.45) is 1.29. The van der Waals surface area contributed by atoms with Crippen LogP contribution in [0, 0.1) is 28.6 Å². The van der Waals surface area contributed by atoms with Crippen LogP contribution in [-0.4, -0.2) is 54.1 Å². The van der Waals surface area contributed by atoms with E-state index in [1.165, 1.54) is 0 Å². The van der Waals surface area contributed by atoms with E-state index in [4.69, 9.17) is 0 Å². The quantitative estimate of drug-likeness (QED) is 0.367. The zero-order chi connectivity index (χ0) is 26.0. The van der Waals surface area contributed by atoms with E-state index in [9.17, 15) is 32.8 Å². The van der Waals surface area contributed by atoms with Crippen LogP contribution in [0.15, 0.2) is 0 Å². The van der Waals surface area contributed by atoms with Crippen molar-refractivity contribution in [3.8, 4) is 6.07 Å². The summed E-state index contributed by atoms with van der Waals surface area (Å²) in [6, 6.07) is -1.02. The molecule has 3 aliphatic rings. The van der Waals surface area contributed by atoms with Crippen molar-refractivity contribution in [2.24, 2.45) is 17.3 Å². The summed E-state index contributed by atoms with van der Waals surface area (Å²) >= 11 is 0. The van der Waals surface area contributed by atoms with Crippen molar-refractivity contribution in [3.63, 3.8) is 0 Å². The number of carbonyl (C=O) groups excluding carboxylic acids is 3. The lowest BCUT2D eigenvalue weighted by atomic mass is 9.85. The van der Waals surface area contributed by atoms with Crippen LogP contribution in [0.4, 0.5) is 13.2 Å². The van der Waals surface area contributed by atoms with Crippen molar-refractivity contribution in [3.05, 3.63) is 0 Å². The van der Waals surface area contributed by atoms with Gasteiger partial charge in [0, 0.05) is 11.5 Å². The number of nitrogens with one attached hydrogen (secondary N) is 4. The first kappa shape index (κ1) is 27.2. The van der Waals surface area contributed by atoms with Crippen molar-refractivity contribution < 1.29 is 27.6 Å². The van der Waals surface area contributed by atoms with Crippen molar-refractivity contribution >= 4 is 17.7 Å². The molecular formula is C24H36F3N5O3. The second kappa shape index (κ2) is 10.3. The number of carbonyl (C=O) groups is 3. The first-order chi connectivity index (χ1) is 16.2. The molecule has 1 spiro atoms. The van der Waals surface area contributed by atoms with Gasteiger partial charge < -0.3 is 16.0 Å². The van der Waals surface area contributed by atoms with E-state index in [2.05, 4.69) is 21.3 Å². The second-order valence-electron chi connectivity index (χ2n) is 11.5. The number of nitriles is 1. The molecule has 2 aliphatic carbocycles. The molecule has 4 unspecified atom stereocenters. The molecule has 1 aliphatic heterocycles. The second-order valence-corrected chi connectivity index (χ2v) is 11.5. The normalized spacial score (nSPS) is 24.0. The summed E-state index contributed by atoms with van der Waals surface area (Å²) in [7, 11) is 0. The lowest BCUT2D eigenvalue weighted by Crippen LogP contribution is -2.58. The highest BCUT2D eigenvalue weighted by atomic mass is 19.4. The summed E-state index contributed by atoms with van der Waals surface area (Å²) in [5.74, 6) is -1.50. The Bertz CT molecular complexity index is 856. The van der Waals surface area contributed by atoms with Gasteiger partial charge in [-0.15, -0.1) is 0 Å². The van der Waals surface area contributed by atoms with Crippen LogP contribution in [0.3, 0.4) is 0 Å². The van der Waals surface area contributed by atoms with Crippen molar-refractivity contribution in [2.75, 3.05) is 6.54 Å². The van der Waals surface area contributed by atoms with Crippen LogP contribution in [0.5, 0.6) is 0 Å². The van der Waals surface area contributed by atoms with E-state index >= 15 is 0 Å². The zero-order valence-electron chi connectivity index (χ0n) is 20.6. The van der Waals surface area contributed by atoms with Crippen molar-refractivity contribution in [1.29, 1.82) is 5.26 Å². The highest BCUT2D eigenvalue weighted by Gasteiger charge is 2.48. The molecule has 2 saturated carbocycles. The van der Waals surface area contributed by atoms with Gasteiger partial charge >= 0.3 is 6.18 Å². The number of rotatable bonds is 10. The minimum atomic E-state index is -4.49. The maximum Gasteiger partial charge on any atom is 0.401 e. The van der Waals surface area contributed by atoms with E-state index in [1.807, 2.05) is 6.07 Å². The molecule has 1 heterocycles. The van der Waals surface area contributed by atoms with E-state index < -0.39 is 48.1 Å². The van der Waals surface area contributed by atoms with E-state index in [-0.39, 0.29) is 29.7 Å². The summed E-state index contributed by atoms with van der Waals surface area (Å²) in [5, 5.41) is 20.2. The summed E-state index contributed by atoms with van der Waals surface area (Å²) in [6.45, 7) is 3.60. The van der Waals surface area contributed by atoms with Crippen LogP contribution >= 0.6 is 0 Å². The Morgan fingerprint density at radius 1 is 1.09 bits per heavy atom. The summed E-state index contributed by atoms with van der Waals surface area (Å²) < 4.78 is 38.3. The molecule has 11 heteroatoms. The number of alkyl halides is 3. The van der Waals surface area contributed by atoms with Gasteiger partial charge in [-0.05, 0) is 49.9 Å². The van der Waals surface area contributed by atoms with Crippen molar-refractivity contribution in [1.82, 2.24) is 21.3 Å². The topological polar surface area (TPSA) is 123 Å². The maximum absolute atomic E-state index is 13.1. The van der Waals surface area contributed by atoms with Gasteiger partial charge in [-0.1, -0.05) is 33.6 Å². The number of hydrogen-bond donors (Lipinski definition) is 4. The fourth-order valence-electron chi connectivity index (χ4n) is 4.64. The van der Waals surface area contributed by atoms with Gasteiger partial charge in [0.1, 0.15) is 12.1 Å². The fourth-order valence-corrected chi connectivity index (χ4v) is 4.64. The Morgan fingerprint density at radius 2 is 1.74 bits per heavy atom. The van der Waals surface area contributed by atoms with E-state index in [0.717, 1.165) is 32.1 Å². The smallest absolute Gasteiger partial charge is 0.350 e. The molecule has 0 radical (unpaired) electrons. The fraction of sp³-hybridized carbons (Fsp3) is 0.833. The van der Waals surface area contributed by atoms with Crippen LogP contribution in [0.25, 0.3) is 0 Å². The summed E-state index contributed by atoms with van der Waals surface area (Å²) in [5.41, 5.74) is -0.902. The number of nitrogens with zero attached hydrogens (tertiary/aromatic N) is 1. The molecular weight excluding hydrogens is 463 g/mol. The van der Waals surface area contributed by atoms with E-state index in [1.54, 1.807) is 20.8 Å². The molecule has 35 heavy (non-hydrogen) atoms. The first-order valence-corrected chi connectivity index (χ1v) is 12.3. The molecule has 0 aromatic rings. The largest absolute Gasteiger partial charge is 0.401 e. The highest BCUT2D eigenvalue weighted by molar-refractivity contribution is 5.90. The SMILES string of the molecule is CC(C)(C)C(NCC(F)(F)F)C(=O)NC(CC1CC1)C(=O)NC(C#N)CC1CCC2(CC2)NC1=O. The average molecular weight is 500 g/mol. The van der Waals surface area contributed by atoms with Gasteiger partial charge in [-0.3, -0.25) is 19.7 Å². The van der Waals surface area contributed by atoms with Gasteiger partial charge in [-0.2, -0.15) is 18.4 Å². The Morgan fingerprint density at radius 3 is 2.23 bits per heavy atom. The summed E-state index contributed by atoms with van der Waals surface area (Å²) in [4.78, 5) is 38.5. The number of hydrogen-bond acceptors (Lipinski definition) is 5. The van der Waals surface area contributed by atoms with Gasteiger partial charge in [0.15, 0.2) is 0 Å². The molecule has 0 aromatic heterocycles. The van der Waals surface area contributed by atoms with Crippen LogP contribution in [0.1, 0.15) is 72.1 Å². The molecule has 196 valence electrons. The van der Waals surface area contributed by atoms with Crippen LogP contribution in [0.2, 0.25) is 0 Å². The van der Waals surface area contributed by atoms with E-state index in [0.29, 0.717) is 12.8 Å². The Balaban J connectivity index is 1.61. The number of piperidine rings is 1. The zero-order valence-corrected chi connectivity index (χ0v) is 20.6. The molecule has 0 bridgehead atoms. The third-order valence-corrected chi connectivity index (χ3v) is 7.11. The Hall–Kier alpha value is -2.35. The van der Waals surface area contributed by atoms with Crippen molar-refractivity contribution in [2.45, 2.75) is 102 Å². The first-order valence-electron chi connectivity index (χ1n) is 12.3. The lowest BCUT2D eigenvalue weighted by molar-refractivity contribution is -0.137. The van der Waals surface area contributed by atoms with Gasteiger partial charge in [0.2, 0.25) is 17.7 Å². The monoisotopic (exact) mass is 499 g/mol. The van der Waals surface area contributed by atoms with Gasteiger partial charge in [-0.25, -0.2) is 0 Å². The average Bonchev–Trinajstić information content (AvgIpc) is 3.65. The molecule has 3 fully saturated rings. The third kappa shape index (κ3) is 8.09.